The van der Waals surface area contributed by atoms with Gasteiger partial charge in [-0.1, -0.05) is 0 Å². The molecule has 3 fully saturated rings. The molecule has 0 amide bonds. The molecule has 3 aliphatic rings. The Kier molecular flexibility index (Phi) is 7.41. The van der Waals surface area contributed by atoms with Gasteiger partial charge in [0.1, 0.15) is 11.5 Å². The molecule has 2 N–H and O–H groups in total. The Morgan fingerprint density at radius 2 is 2.11 bits per heavy atom. The van der Waals surface area contributed by atoms with Crippen LogP contribution in [0.1, 0.15) is 36.8 Å². The molecule has 1 aromatic heterocycles. The molecule has 3 saturated heterocycles. The topological polar surface area (TPSA) is 71.3 Å². The summed E-state index contributed by atoms with van der Waals surface area (Å²) in [5.74, 6) is 2.78. The third-order valence-electron chi connectivity index (χ3n) is 5.69. The van der Waals surface area contributed by atoms with Gasteiger partial charge in [0.15, 0.2) is 5.96 Å². The number of rotatable bonds is 5. The summed E-state index contributed by atoms with van der Waals surface area (Å²) in [5, 5.41) is 7.05. The van der Waals surface area contributed by atoms with Gasteiger partial charge >= 0.3 is 0 Å². The van der Waals surface area contributed by atoms with Crippen molar-refractivity contribution in [3.05, 3.63) is 23.7 Å². The van der Waals surface area contributed by atoms with Crippen molar-refractivity contribution < 1.29 is 13.9 Å². The summed E-state index contributed by atoms with van der Waals surface area (Å²) in [6, 6.07) is 4.65. The first-order valence-corrected chi connectivity index (χ1v) is 9.73. The quantitative estimate of drug-likeness (QED) is 0.374. The van der Waals surface area contributed by atoms with E-state index in [1.165, 1.54) is 6.42 Å². The molecule has 0 aromatic carbocycles. The van der Waals surface area contributed by atoms with Crippen molar-refractivity contribution in [1.82, 2.24) is 15.5 Å². The lowest BCUT2D eigenvalue weighted by atomic mass is 9.96. The van der Waals surface area contributed by atoms with E-state index in [2.05, 4.69) is 26.6 Å². The zero-order chi connectivity index (χ0) is 17.9. The van der Waals surface area contributed by atoms with Crippen LogP contribution in [-0.4, -0.2) is 69.0 Å². The van der Waals surface area contributed by atoms with Crippen LogP contribution in [-0.2, 0) is 9.47 Å². The normalized spacial score (nSPS) is 29.4. The van der Waals surface area contributed by atoms with Gasteiger partial charge in [0.2, 0.25) is 0 Å². The second-order valence-corrected chi connectivity index (χ2v) is 7.43. The van der Waals surface area contributed by atoms with Crippen LogP contribution >= 0.6 is 24.0 Å². The van der Waals surface area contributed by atoms with E-state index in [0.29, 0.717) is 18.2 Å². The van der Waals surface area contributed by atoms with Crippen LogP contribution in [0.3, 0.4) is 0 Å². The highest BCUT2D eigenvalue weighted by Crippen LogP contribution is 2.34. The van der Waals surface area contributed by atoms with Crippen LogP contribution < -0.4 is 10.6 Å². The summed E-state index contributed by atoms with van der Waals surface area (Å²) in [7, 11) is 1.82. The van der Waals surface area contributed by atoms with E-state index in [0.717, 1.165) is 63.2 Å². The van der Waals surface area contributed by atoms with Gasteiger partial charge in [-0.25, -0.2) is 0 Å². The van der Waals surface area contributed by atoms with Crippen molar-refractivity contribution in [2.75, 3.05) is 39.9 Å². The Hall–Kier alpha value is -0.840. The Bertz CT molecular complexity index is 632. The summed E-state index contributed by atoms with van der Waals surface area (Å²) in [6.07, 6.45) is 4.20. The Labute approximate surface area is 178 Å². The maximum atomic E-state index is 5.94. The van der Waals surface area contributed by atoms with Crippen LogP contribution in [0.4, 0.5) is 0 Å². The number of morpholine rings is 1. The van der Waals surface area contributed by atoms with Crippen LogP contribution in [0.15, 0.2) is 21.5 Å². The molecule has 0 radical (unpaired) electrons. The molecular formula is C19H31IN4O3. The zero-order valence-corrected chi connectivity index (χ0v) is 18.5. The highest BCUT2D eigenvalue weighted by molar-refractivity contribution is 14.0. The zero-order valence-electron chi connectivity index (χ0n) is 16.1. The molecule has 0 spiro atoms. The minimum Gasteiger partial charge on any atom is -0.465 e. The first-order valence-electron chi connectivity index (χ1n) is 9.73. The summed E-state index contributed by atoms with van der Waals surface area (Å²) in [4.78, 5) is 6.84. The molecule has 27 heavy (non-hydrogen) atoms. The van der Waals surface area contributed by atoms with Gasteiger partial charge in [-0.15, -0.1) is 24.0 Å². The van der Waals surface area contributed by atoms with Gasteiger partial charge in [0.05, 0.1) is 37.5 Å². The minimum absolute atomic E-state index is 0. The molecule has 1 aromatic rings. The first-order chi connectivity index (χ1) is 12.7. The van der Waals surface area contributed by atoms with Gasteiger partial charge in [-0.2, -0.15) is 0 Å². The maximum Gasteiger partial charge on any atom is 0.191 e. The molecule has 2 bridgehead atoms. The minimum atomic E-state index is 0. The molecule has 0 saturated carbocycles. The summed E-state index contributed by atoms with van der Waals surface area (Å²) in [6.45, 7) is 6.10. The molecule has 4 unspecified atom stereocenters. The van der Waals surface area contributed by atoms with Crippen LogP contribution in [0.25, 0.3) is 0 Å². The van der Waals surface area contributed by atoms with Gasteiger partial charge in [0, 0.05) is 26.7 Å². The molecule has 8 heteroatoms. The van der Waals surface area contributed by atoms with Gasteiger partial charge in [0.25, 0.3) is 0 Å². The highest BCUT2D eigenvalue weighted by atomic mass is 127. The predicted molar refractivity (Wildman–Crippen MR) is 115 cm³/mol. The lowest BCUT2D eigenvalue weighted by Crippen LogP contribution is -2.50. The average Bonchev–Trinajstić information content (AvgIpc) is 3.39. The standard InChI is InChI=1S/C19H30N4O3.HI/c1-13-3-5-18(25-13)16(23-7-9-24-10-8-23)12-21-19(20-2)22-15-11-14-4-6-17(15)26-14;/h3,5,14-17H,4,6-12H2,1-2H3,(H2,20,21,22);1H. The van der Waals surface area contributed by atoms with Crippen molar-refractivity contribution in [3.8, 4) is 0 Å². The molecule has 4 atom stereocenters. The van der Waals surface area contributed by atoms with E-state index in [1.54, 1.807) is 0 Å². The van der Waals surface area contributed by atoms with Gasteiger partial charge in [-0.3, -0.25) is 9.89 Å². The van der Waals surface area contributed by atoms with E-state index in [9.17, 15) is 0 Å². The van der Waals surface area contributed by atoms with Crippen molar-refractivity contribution in [3.63, 3.8) is 0 Å². The van der Waals surface area contributed by atoms with Crippen LogP contribution in [0, 0.1) is 6.92 Å². The number of nitrogens with zero attached hydrogens (tertiary/aromatic N) is 2. The molecule has 152 valence electrons. The third-order valence-corrected chi connectivity index (χ3v) is 5.69. The van der Waals surface area contributed by atoms with E-state index < -0.39 is 0 Å². The molecule has 3 aliphatic heterocycles. The smallest absolute Gasteiger partial charge is 0.191 e. The Balaban J connectivity index is 0.00000210. The van der Waals surface area contributed by atoms with E-state index >= 15 is 0 Å². The number of furan rings is 1. The lowest BCUT2D eigenvalue weighted by molar-refractivity contribution is 0.0124. The second kappa shape index (κ2) is 9.58. The molecule has 4 rings (SSSR count). The number of aryl methyl sites for hydroxylation is 1. The maximum absolute atomic E-state index is 5.94. The number of aliphatic imine (C=N–C) groups is 1. The molecule has 4 heterocycles. The molecule has 7 nitrogen and oxygen atoms in total. The van der Waals surface area contributed by atoms with Crippen molar-refractivity contribution in [2.45, 2.75) is 50.5 Å². The number of halogens is 1. The number of hydrogen-bond acceptors (Lipinski definition) is 5. The molecule has 0 aliphatic carbocycles. The first kappa shape index (κ1) is 20.9. The average molecular weight is 490 g/mol. The van der Waals surface area contributed by atoms with Gasteiger partial charge < -0.3 is 24.5 Å². The number of ether oxygens (including phenoxy) is 2. The van der Waals surface area contributed by atoms with Gasteiger partial charge in [-0.05, 0) is 38.3 Å². The fourth-order valence-corrected chi connectivity index (χ4v) is 4.28. The van der Waals surface area contributed by atoms with Crippen molar-refractivity contribution in [2.24, 2.45) is 4.99 Å². The fraction of sp³-hybridized carbons (Fsp3) is 0.737. The van der Waals surface area contributed by atoms with Crippen molar-refractivity contribution in [1.29, 1.82) is 0 Å². The summed E-state index contributed by atoms with van der Waals surface area (Å²) < 4.78 is 17.4. The Morgan fingerprint density at radius 3 is 2.70 bits per heavy atom. The van der Waals surface area contributed by atoms with Crippen molar-refractivity contribution >= 4 is 29.9 Å². The highest BCUT2D eigenvalue weighted by Gasteiger charge is 2.41. The summed E-state index contributed by atoms with van der Waals surface area (Å²) in [5.41, 5.74) is 0. The number of fused-ring (bicyclic) bond motifs is 2. The SMILES string of the molecule is CN=C(NCC(c1ccc(C)o1)N1CCOCC1)NC1CC2CCC1O2.I. The Morgan fingerprint density at radius 1 is 1.30 bits per heavy atom. The largest absolute Gasteiger partial charge is 0.465 e. The number of guanidine groups is 1. The molecular weight excluding hydrogens is 459 g/mol. The third kappa shape index (κ3) is 4.96. The lowest BCUT2D eigenvalue weighted by Gasteiger charge is -2.34. The van der Waals surface area contributed by atoms with E-state index in [-0.39, 0.29) is 30.0 Å². The second-order valence-electron chi connectivity index (χ2n) is 7.43. The van der Waals surface area contributed by atoms with E-state index in [4.69, 9.17) is 13.9 Å². The number of hydrogen-bond donors (Lipinski definition) is 2. The fourth-order valence-electron chi connectivity index (χ4n) is 4.28. The monoisotopic (exact) mass is 490 g/mol. The summed E-state index contributed by atoms with van der Waals surface area (Å²) >= 11 is 0. The van der Waals surface area contributed by atoms with E-state index in [1.807, 2.05) is 20.0 Å². The van der Waals surface area contributed by atoms with Crippen LogP contribution in [0.5, 0.6) is 0 Å². The number of nitrogens with one attached hydrogen (secondary N) is 2. The predicted octanol–water partition coefficient (Wildman–Crippen LogP) is 2.06. The van der Waals surface area contributed by atoms with Crippen LogP contribution in [0.2, 0.25) is 0 Å².